The smallest absolute Gasteiger partial charge is 0.230 e. The molecule has 1 heterocycles. The molecular formula is C21H24N4OS. The minimum Gasteiger partial charge on any atom is -0.355 e. The third kappa shape index (κ3) is 5.44. The number of aryl methyl sites for hydroxylation is 2. The first-order valence-electron chi connectivity index (χ1n) is 9.11. The van der Waals surface area contributed by atoms with Gasteiger partial charge >= 0.3 is 0 Å². The number of aromatic amines is 1. The maximum absolute atomic E-state index is 12.0. The van der Waals surface area contributed by atoms with Crippen LogP contribution in [-0.2, 0) is 17.6 Å². The van der Waals surface area contributed by atoms with Crippen LogP contribution in [0.25, 0.3) is 11.4 Å². The molecule has 0 spiro atoms. The van der Waals surface area contributed by atoms with E-state index in [4.69, 9.17) is 0 Å². The molecule has 3 rings (SSSR count). The van der Waals surface area contributed by atoms with E-state index in [1.165, 1.54) is 28.5 Å². The van der Waals surface area contributed by atoms with Crippen molar-refractivity contribution in [1.29, 1.82) is 0 Å². The average molecular weight is 381 g/mol. The van der Waals surface area contributed by atoms with E-state index in [-0.39, 0.29) is 5.91 Å². The monoisotopic (exact) mass is 380 g/mol. The Hall–Kier alpha value is -2.60. The molecule has 0 fully saturated rings. The zero-order chi connectivity index (χ0) is 19.1. The molecule has 0 aliphatic rings. The van der Waals surface area contributed by atoms with Crippen LogP contribution in [0.1, 0.15) is 23.6 Å². The van der Waals surface area contributed by atoms with Gasteiger partial charge in [0, 0.05) is 12.1 Å². The summed E-state index contributed by atoms with van der Waals surface area (Å²) >= 11 is 1.34. The zero-order valence-electron chi connectivity index (χ0n) is 15.7. The minimum atomic E-state index is -0.00719. The van der Waals surface area contributed by atoms with Crippen molar-refractivity contribution in [1.82, 2.24) is 20.5 Å². The molecular weight excluding hydrogens is 356 g/mol. The number of carbonyl (C=O) groups is 1. The first-order chi connectivity index (χ1) is 13.2. The van der Waals surface area contributed by atoms with Gasteiger partial charge in [-0.25, -0.2) is 4.98 Å². The summed E-state index contributed by atoms with van der Waals surface area (Å²) in [6.45, 7) is 4.85. The van der Waals surface area contributed by atoms with Crippen LogP contribution >= 0.6 is 11.8 Å². The average Bonchev–Trinajstić information content (AvgIpc) is 3.17. The summed E-state index contributed by atoms with van der Waals surface area (Å²) in [5.41, 5.74) is 4.80. The van der Waals surface area contributed by atoms with E-state index >= 15 is 0 Å². The number of hydrogen-bond donors (Lipinski definition) is 2. The van der Waals surface area contributed by atoms with Crippen molar-refractivity contribution >= 4 is 17.7 Å². The third-order valence-corrected chi connectivity index (χ3v) is 5.26. The number of nitrogens with one attached hydrogen (secondary N) is 2. The third-order valence-electron chi connectivity index (χ3n) is 4.41. The van der Waals surface area contributed by atoms with Gasteiger partial charge in [0.2, 0.25) is 11.1 Å². The summed E-state index contributed by atoms with van der Waals surface area (Å²) in [7, 11) is 0. The van der Waals surface area contributed by atoms with Crippen LogP contribution < -0.4 is 5.32 Å². The molecule has 6 heteroatoms. The summed E-state index contributed by atoms with van der Waals surface area (Å²) in [4.78, 5) is 16.5. The van der Waals surface area contributed by atoms with E-state index in [9.17, 15) is 4.79 Å². The van der Waals surface area contributed by atoms with E-state index in [1.54, 1.807) is 0 Å². The van der Waals surface area contributed by atoms with E-state index in [1.807, 2.05) is 24.3 Å². The lowest BCUT2D eigenvalue weighted by atomic mass is 10.1. The molecule has 0 atom stereocenters. The second-order valence-electron chi connectivity index (χ2n) is 6.33. The Morgan fingerprint density at radius 3 is 2.67 bits per heavy atom. The van der Waals surface area contributed by atoms with Crippen molar-refractivity contribution in [2.24, 2.45) is 0 Å². The highest BCUT2D eigenvalue weighted by Crippen LogP contribution is 2.19. The molecule has 27 heavy (non-hydrogen) atoms. The number of H-pyrrole nitrogens is 1. The molecule has 0 saturated heterocycles. The van der Waals surface area contributed by atoms with Crippen LogP contribution in [0.2, 0.25) is 0 Å². The van der Waals surface area contributed by atoms with Gasteiger partial charge in [0.15, 0.2) is 5.82 Å². The summed E-state index contributed by atoms with van der Waals surface area (Å²) in [5.74, 6) is 1.02. The summed E-state index contributed by atoms with van der Waals surface area (Å²) in [5, 5.41) is 10.7. The quantitative estimate of drug-likeness (QED) is 0.583. The van der Waals surface area contributed by atoms with Crippen molar-refractivity contribution in [3.05, 3.63) is 65.2 Å². The van der Waals surface area contributed by atoms with Crippen LogP contribution in [0.15, 0.2) is 53.7 Å². The van der Waals surface area contributed by atoms with Gasteiger partial charge in [-0.1, -0.05) is 67.2 Å². The van der Waals surface area contributed by atoms with Gasteiger partial charge < -0.3 is 5.32 Å². The fourth-order valence-electron chi connectivity index (χ4n) is 2.75. The lowest BCUT2D eigenvalue weighted by Crippen LogP contribution is -2.27. The molecule has 0 unspecified atom stereocenters. The Morgan fingerprint density at radius 2 is 1.93 bits per heavy atom. The summed E-state index contributed by atoms with van der Waals surface area (Å²) in [6, 6.07) is 16.5. The maximum Gasteiger partial charge on any atom is 0.230 e. The van der Waals surface area contributed by atoms with Gasteiger partial charge in [0.25, 0.3) is 0 Å². The number of nitrogens with zero attached hydrogens (tertiary/aromatic N) is 2. The van der Waals surface area contributed by atoms with Gasteiger partial charge in [0.05, 0.1) is 5.75 Å². The molecule has 0 radical (unpaired) electrons. The van der Waals surface area contributed by atoms with E-state index in [2.05, 4.69) is 58.6 Å². The second-order valence-corrected chi connectivity index (χ2v) is 7.27. The molecule has 1 aromatic heterocycles. The lowest BCUT2D eigenvalue weighted by Gasteiger charge is -2.06. The predicted octanol–water partition coefficient (Wildman–Crippen LogP) is 3.79. The van der Waals surface area contributed by atoms with E-state index in [0.717, 1.165) is 24.2 Å². The van der Waals surface area contributed by atoms with Gasteiger partial charge in [-0.15, -0.1) is 5.10 Å². The van der Waals surface area contributed by atoms with Crippen molar-refractivity contribution in [2.75, 3.05) is 12.3 Å². The predicted molar refractivity (Wildman–Crippen MR) is 110 cm³/mol. The Bertz CT molecular complexity index is 889. The number of carbonyl (C=O) groups excluding carboxylic acids is 1. The highest BCUT2D eigenvalue weighted by Gasteiger charge is 2.09. The lowest BCUT2D eigenvalue weighted by molar-refractivity contribution is -0.118. The van der Waals surface area contributed by atoms with Gasteiger partial charge in [-0.05, 0) is 36.5 Å². The Labute approximate surface area is 164 Å². The molecule has 0 bridgehead atoms. The van der Waals surface area contributed by atoms with Crippen LogP contribution in [-0.4, -0.2) is 33.4 Å². The molecule has 0 aliphatic carbocycles. The fourth-order valence-corrected chi connectivity index (χ4v) is 3.37. The van der Waals surface area contributed by atoms with Crippen LogP contribution in [0.4, 0.5) is 0 Å². The largest absolute Gasteiger partial charge is 0.355 e. The minimum absolute atomic E-state index is 0.00719. The van der Waals surface area contributed by atoms with Gasteiger partial charge in [-0.3, -0.25) is 9.89 Å². The number of thioether (sulfide) groups is 1. The first kappa shape index (κ1) is 19.2. The molecule has 3 aromatic rings. The number of benzene rings is 2. The number of aromatic nitrogens is 3. The standard InChI is InChI=1S/C21H24N4OS/c1-3-16-8-10-18(11-9-16)20-23-21(25-24-20)27-14-19(26)22-13-12-17-7-5-4-6-15(17)2/h4-11H,3,12-14H2,1-2H3,(H,22,26)(H,23,24,25). The number of rotatable bonds is 8. The molecule has 5 nitrogen and oxygen atoms in total. The van der Waals surface area contributed by atoms with Gasteiger partial charge in [0.1, 0.15) is 0 Å². The normalized spacial score (nSPS) is 10.7. The van der Waals surface area contributed by atoms with Crippen LogP contribution in [0.5, 0.6) is 0 Å². The van der Waals surface area contributed by atoms with Crippen molar-refractivity contribution in [2.45, 2.75) is 31.8 Å². The Balaban J connectivity index is 1.45. The SMILES string of the molecule is CCc1ccc(-c2nc(SCC(=O)NCCc3ccccc3C)n[nH]2)cc1. The summed E-state index contributed by atoms with van der Waals surface area (Å²) in [6.07, 6.45) is 1.85. The zero-order valence-corrected chi connectivity index (χ0v) is 16.5. The topological polar surface area (TPSA) is 70.7 Å². The van der Waals surface area contributed by atoms with Crippen molar-refractivity contribution in [3.8, 4) is 11.4 Å². The molecule has 2 aromatic carbocycles. The van der Waals surface area contributed by atoms with Crippen LogP contribution in [0.3, 0.4) is 0 Å². The van der Waals surface area contributed by atoms with Crippen molar-refractivity contribution < 1.29 is 4.79 Å². The fraction of sp³-hybridized carbons (Fsp3) is 0.286. The second kappa shape index (κ2) is 9.37. The van der Waals surface area contributed by atoms with Gasteiger partial charge in [-0.2, -0.15) is 0 Å². The Kier molecular flexibility index (Phi) is 6.65. The summed E-state index contributed by atoms with van der Waals surface area (Å²) < 4.78 is 0. The highest BCUT2D eigenvalue weighted by atomic mass is 32.2. The molecule has 0 aliphatic heterocycles. The maximum atomic E-state index is 12.0. The molecule has 1 amide bonds. The molecule has 0 saturated carbocycles. The molecule has 140 valence electrons. The Morgan fingerprint density at radius 1 is 1.15 bits per heavy atom. The first-order valence-corrected chi connectivity index (χ1v) is 10.1. The number of amides is 1. The van der Waals surface area contributed by atoms with Crippen LogP contribution in [0, 0.1) is 6.92 Å². The number of hydrogen-bond acceptors (Lipinski definition) is 4. The van der Waals surface area contributed by atoms with Crippen molar-refractivity contribution in [3.63, 3.8) is 0 Å². The molecule has 2 N–H and O–H groups in total. The highest BCUT2D eigenvalue weighted by molar-refractivity contribution is 7.99. The van der Waals surface area contributed by atoms with E-state index in [0.29, 0.717) is 17.5 Å². The van der Waals surface area contributed by atoms with E-state index < -0.39 is 0 Å².